The smallest absolute Gasteiger partial charge is 0.224 e. The van der Waals surface area contributed by atoms with E-state index in [-0.39, 0.29) is 18.3 Å². The lowest BCUT2D eigenvalue weighted by Gasteiger charge is -2.22. The van der Waals surface area contributed by atoms with Crippen LogP contribution in [-0.2, 0) is 4.79 Å². The number of halogens is 2. The molecule has 0 atom stereocenters. The molecule has 1 aliphatic rings. The topological polar surface area (TPSA) is 50.4 Å². The number of anilines is 1. The minimum atomic E-state index is 0. The lowest BCUT2D eigenvalue weighted by atomic mass is 9.93. The van der Waals surface area contributed by atoms with E-state index in [1.807, 2.05) is 36.4 Å². The van der Waals surface area contributed by atoms with Crippen molar-refractivity contribution in [2.24, 2.45) is 5.92 Å². The van der Waals surface area contributed by atoms with Crippen molar-refractivity contribution in [2.75, 3.05) is 18.4 Å². The number of hydrogen-bond acceptors (Lipinski definition) is 3. The molecule has 1 aliphatic heterocycles. The Morgan fingerprint density at radius 3 is 2.46 bits per heavy atom. The molecule has 0 saturated carbocycles. The molecule has 140 valence electrons. The van der Waals surface area contributed by atoms with Gasteiger partial charge in [0.25, 0.3) is 0 Å². The number of benzene rings is 2. The number of amides is 1. The molecule has 1 saturated heterocycles. The van der Waals surface area contributed by atoms with E-state index in [1.54, 1.807) is 12.1 Å². The number of piperidine rings is 1. The summed E-state index contributed by atoms with van der Waals surface area (Å²) in [5.74, 6) is 1.82. The molecule has 0 unspecified atom stereocenters. The SMILES string of the molecule is Cl.O=C(CCC1CCNCC1)Nc1ccccc1Oc1ccccc1Cl. The third-order valence-corrected chi connectivity index (χ3v) is 4.77. The van der Waals surface area contributed by atoms with E-state index in [9.17, 15) is 4.79 Å². The van der Waals surface area contributed by atoms with Crippen molar-refractivity contribution in [3.8, 4) is 11.5 Å². The predicted octanol–water partition coefficient (Wildman–Crippen LogP) is 5.27. The molecular formula is C20H24Cl2N2O2. The number of carbonyl (C=O) groups excluding carboxylic acids is 1. The maximum absolute atomic E-state index is 12.3. The number of hydrogen-bond donors (Lipinski definition) is 2. The van der Waals surface area contributed by atoms with Gasteiger partial charge in [-0.25, -0.2) is 0 Å². The van der Waals surface area contributed by atoms with E-state index >= 15 is 0 Å². The third-order valence-electron chi connectivity index (χ3n) is 4.46. The Hall–Kier alpha value is -1.75. The maximum atomic E-state index is 12.3. The molecule has 4 nitrogen and oxygen atoms in total. The fraction of sp³-hybridized carbons (Fsp3) is 0.350. The first-order valence-electron chi connectivity index (χ1n) is 8.74. The van der Waals surface area contributed by atoms with Gasteiger partial charge in [-0.2, -0.15) is 0 Å². The first-order valence-corrected chi connectivity index (χ1v) is 9.12. The van der Waals surface area contributed by atoms with Gasteiger partial charge >= 0.3 is 0 Å². The van der Waals surface area contributed by atoms with Gasteiger partial charge < -0.3 is 15.4 Å². The van der Waals surface area contributed by atoms with Crippen LogP contribution in [0, 0.1) is 5.92 Å². The Morgan fingerprint density at radius 2 is 1.73 bits per heavy atom. The second-order valence-corrected chi connectivity index (χ2v) is 6.72. The van der Waals surface area contributed by atoms with Gasteiger partial charge in [0.2, 0.25) is 5.91 Å². The number of carbonyl (C=O) groups is 1. The van der Waals surface area contributed by atoms with Crippen LogP contribution in [-0.4, -0.2) is 19.0 Å². The van der Waals surface area contributed by atoms with Crippen LogP contribution >= 0.6 is 24.0 Å². The summed E-state index contributed by atoms with van der Waals surface area (Å²) in [6.07, 6.45) is 3.77. The van der Waals surface area contributed by atoms with Crippen LogP contribution in [0.2, 0.25) is 5.02 Å². The fourth-order valence-corrected chi connectivity index (χ4v) is 3.20. The summed E-state index contributed by atoms with van der Waals surface area (Å²) < 4.78 is 5.88. The van der Waals surface area contributed by atoms with Gasteiger partial charge in [0.1, 0.15) is 5.75 Å². The Balaban J connectivity index is 0.00000243. The molecule has 2 aromatic carbocycles. The second-order valence-electron chi connectivity index (χ2n) is 6.31. The molecule has 1 amide bonds. The molecule has 0 spiro atoms. The molecule has 2 N–H and O–H groups in total. The van der Waals surface area contributed by atoms with Gasteiger partial charge in [-0.1, -0.05) is 35.9 Å². The molecule has 0 aliphatic carbocycles. The zero-order valence-electron chi connectivity index (χ0n) is 14.5. The average Bonchev–Trinajstić information content (AvgIpc) is 2.64. The van der Waals surface area contributed by atoms with Crippen molar-refractivity contribution >= 4 is 35.6 Å². The van der Waals surface area contributed by atoms with Gasteiger partial charge in [0.05, 0.1) is 10.7 Å². The molecular weight excluding hydrogens is 371 g/mol. The highest BCUT2D eigenvalue weighted by Crippen LogP contribution is 2.33. The van der Waals surface area contributed by atoms with Crippen LogP contribution in [0.4, 0.5) is 5.69 Å². The fourth-order valence-electron chi connectivity index (χ4n) is 3.02. The average molecular weight is 395 g/mol. The van der Waals surface area contributed by atoms with E-state index < -0.39 is 0 Å². The molecule has 0 radical (unpaired) electrons. The van der Waals surface area contributed by atoms with Crippen molar-refractivity contribution < 1.29 is 9.53 Å². The van der Waals surface area contributed by atoms with E-state index in [0.29, 0.717) is 34.5 Å². The summed E-state index contributed by atoms with van der Waals surface area (Å²) in [4.78, 5) is 12.3. The Labute approximate surface area is 165 Å². The summed E-state index contributed by atoms with van der Waals surface area (Å²) in [6, 6.07) is 14.7. The van der Waals surface area contributed by atoms with Crippen molar-refractivity contribution in [1.82, 2.24) is 5.32 Å². The van der Waals surface area contributed by atoms with E-state index in [2.05, 4.69) is 10.6 Å². The number of nitrogens with one attached hydrogen (secondary N) is 2. The molecule has 1 heterocycles. The van der Waals surface area contributed by atoms with Crippen LogP contribution in [0.3, 0.4) is 0 Å². The van der Waals surface area contributed by atoms with Gasteiger partial charge in [0.15, 0.2) is 5.75 Å². The quantitative estimate of drug-likeness (QED) is 0.700. The monoisotopic (exact) mass is 394 g/mol. The minimum Gasteiger partial charge on any atom is -0.454 e. The zero-order valence-corrected chi connectivity index (χ0v) is 16.1. The first-order chi connectivity index (χ1) is 12.2. The lowest BCUT2D eigenvalue weighted by molar-refractivity contribution is -0.116. The molecule has 6 heteroatoms. The normalized spacial score (nSPS) is 14.3. The minimum absolute atomic E-state index is 0. The van der Waals surface area contributed by atoms with E-state index in [1.165, 1.54) is 0 Å². The van der Waals surface area contributed by atoms with Crippen LogP contribution in [0.25, 0.3) is 0 Å². The highest BCUT2D eigenvalue weighted by molar-refractivity contribution is 6.32. The number of ether oxygens (including phenoxy) is 1. The molecule has 2 aromatic rings. The maximum Gasteiger partial charge on any atom is 0.224 e. The van der Waals surface area contributed by atoms with Gasteiger partial charge in [-0.05, 0) is 62.5 Å². The van der Waals surface area contributed by atoms with Gasteiger partial charge in [-0.3, -0.25) is 4.79 Å². The van der Waals surface area contributed by atoms with Crippen molar-refractivity contribution in [2.45, 2.75) is 25.7 Å². The number of rotatable bonds is 6. The predicted molar refractivity (Wildman–Crippen MR) is 109 cm³/mol. The van der Waals surface area contributed by atoms with Gasteiger partial charge in [-0.15, -0.1) is 12.4 Å². The summed E-state index contributed by atoms with van der Waals surface area (Å²) in [5, 5.41) is 6.85. The van der Waals surface area contributed by atoms with Crippen LogP contribution in [0.5, 0.6) is 11.5 Å². The van der Waals surface area contributed by atoms with Gasteiger partial charge in [0, 0.05) is 6.42 Å². The second kappa shape index (κ2) is 10.4. The first kappa shape index (κ1) is 20.6. The molecule has 0 bridgehead atoms. The van der Waals surface area contributed by atoms with Crippen molar-refractivity contribution in [1.29, 1.82) is 0 Å². The van der Waals surface area contributed by atoms with Crippen LogP contribution in [0.1, 0.15) is 25.7 Å². The third kappa shape index (κ3) is 5.90. The Bertz CT molecular complexity index is 718. The summed E-state index contributed by atoms with van der Waals surface area (Å²) in [7, 11) is 0. The Kier molecular flexibility index (Phi) is 8.23. The van der Waals surface area contributed by atoms with Crippen molar-refractivity contribution in [3.63, 3.8) is 0 Å². The highest BCUT2D eigenvalue weighted by atomic mass is 35.5. The molecule has 26 heavy (non-hydrogen) atoms. The van der Waals surface area contributed by atoms with E-state index in [0.717, 1.165) is 32.4 Å². The summed E-state index contributed by atoms with van der Waals surface area (Å²) in [5.41, 5.74) is 0.665. The highest BCUT2D eigenvalue weighted by Gasteiger charge is 2.15. The standard InChI is InChI=1S/C20H23ClN2O2.ClH/c21-16-5-1-3-7-18(16)25-19-8-4-2-6-17(19)23-20(24)10-9-15-11-13-22-14-12-15;/h1-8,15,22H,9-14H2,(H,23,24);1H. The Morgan fingerprint density at radius 1 is 1.08 bits per heavy atom. The lowest BCUT2D eigenvalue weighted by Crippen LogP contribution is -2.28. The molecule has 3 rings (SSSR count). The largest absolute Gasteiger partial charge is 0.454 e. The van der Waals surface area contributed by atoms with Crippen LogP contribution < -0.4 is 15.4 Å². The zero-order chi connectivity index (χ0) is 17.5. The molecule has 0 aromatic heterocycles. The summed E-state index contributed by atoms with van der Waals surface area (Å²) in [6.45, 7) is 2.11. The number of para-hydroxylation sites is 3. The summed E-state index contributed by atoms with van der Waals surface area (Å²) >= 11 is 6.15. The van der Waals surface area contributed by atoms with Crippen LogP contribution in [0.15, 0.2) is 48.5 Å². The van der Waals surface area contributed by atoms with Crippen molar-refractivity contribution in [3.05, 3.63) is 53.6 Å². The molecule has 1 fully saturated rings. The van der Waals surface area contributed by atoms with E-state index in [4.69, 9.17) is 16.3 Å².